The van der Waals surface area contributed by atoms with Gasteiger partial charge < -0.3 is 20.0 Å². The van der Waals surface area contributed by atoms with Crippen LogP contribution in [0.5, 0.6) is 0 Å². The largest absolute Gasteiger partial charge is 0.369 e. The summed E-state index contributed by atoms with van der Waals surface area (Å²) in [6.45, 7) is 6.73. The average molecular weight is 471 g/mol. The highest BCUT2D eigenvalue weighted by Crippen LogP contribution is 2.29. The molecular weight excluding hydrogens is 444 g/mol. The molecule has 2 heterocycles. The SMILES string of the molecule is Cc1cc(NC(=O)C2CCN(c3cccc(Br)c3)C2=O)ccc1N1CCN(C)CC1. The summed E-state index contributed by atoms with van der Waals surface area (Å²) in [5.41, 5.74) is 3.89. The van der Waals surface area contributed by atoms with Crippen LogP contribution in [0.2, 0.25) is 0 Å². The predicted octanol–water partition coefficient (Wildman–Crippen LogP) is 3.50. The van der Waals surface area contributed by atoms with Crippen LogP contribution in [0.15, 0.2) is 46.9 Å². The van der Waals surface area contributed by atoms with Crippen molar-refractivity contribution in [3.05, 3.63) is 52.5 Å². The van der Waals surface area contributed by atoms with Gasteiger partial charge in [0.15, 0.2) is 0 Å². The standard InChI is InChI=1S/C23H27BrN4O2/c1-16-14-18(6-7-21(16)27-12-10-26(2)11-13-27)25-22(29)20-8-9-28(23(20)30)19-5-3-4-17(24)15-19/h3-7,14-15,20H,8-13H2,1-2H3,(H,25,29). The van der Waals surface area contributed by atoms with E-state index < -0.39 is 5.92 Å². The molecule has 1 atom stereocenters. The van der Waals surface area contributed by atoms with Crippen molar-refractivity contribution in [1.29, 1.82) is 0 Å². The van der Waals surface area contributed by atoms with E-state index in [0.717, 1.165) is 47.6 Å². The molecular formula is C23H27BrN4O2. The monoisotopic (exact) mass is 470 g/mol. The van der Waals surface area contributed by atoms with E-state index in [1.165, 1.54) is 5.69 Å². The minimum absolute atomic E-state index is 0.142. The number of hydrogen-bond donors (Lipinski definition) is 1. The van der Waals surface area contributed by atoms with Crippen LogP contribution < -0.4 is 15.1 Å². The van der Waals surface area contributed by atoms with Gasteiger partial charge in [0.05, 0.1) is 0 Å². The minimum Gasteiger partial charge on any atom is -0.369 e. The van der Waals surface area contributed by atoms with E-state index in [1.54, 1.807) is 4.90 Å². The van der Waals surface area contributed by atoms with Gasteiger partial charge in [-0.1, -0.05) is 22.0 Å². The van der Waals surface area contributed by atoms with Crippen molar-refractivity contribution < 1.29 is 9.59 Å². The highest BCUT2D eigenvalue weighted by atomic mass is 79.9. The van der Waals surface area contributed by atoms with Crippen molar-refractivity contribution in [2.75, 3.05) is 54.9 Å². The van der Waals surface area contributed by atoms with Crippen molar-refractivity contribution >= 4 is 44.8 Å². The summed E-state index contributed by atoms with van der Waals surface area (Å²) in [7, 11) is 2.14. The maximum atomic E-state index is 12.8. The predicted molar refractivity (Wildman–Crippen MR) is 124 cm³/mol. The number of carbonyl (C=O) groups is 2. The Kier molecular flexibility index (Phi) is 6.11. The number of amides is 2. The molecule has 1 N–H and O–H groups in total. The summed E-state index contributed by atoms with van der Waals surface area (Å²) in [6, 6.07) is 13.6. The summed E-state index contributed by atoms with van der Waals surface area (Å²) < 4.78 is 0.914. The zero-order chi connectivity index (χ0) is 21.3. The van der Waals surface area contributed by atoms with E-state index in [-0.39, 0.29) is 11.8 Å². The van der Waals surface area contributed by atoms with E-state index in [1.807, 2.05) is 36.4 Å². The highest BCUT2D eigenvalue weighted by molar-refractivity contribution is 9.10. The molecule has 1 unspecified atom stereocenters. The molecule has 0 aromatic heterocycles. The zero-order valence-electron chi connectivity index (χ0n) is 17.4. The first kappa shape index (κ1) is 20.9. The Morgan fingerprint density at radius 1 is 1.07 bits per heavy atom. The number of halogens is 1. The third-order valence-corrected chi connectivity index (χ3v) is 6.44. The second-order valence-electron chi connectivity index (χ2n) is 8.09. The van der Waals surface area contributed by atoms with E-state index in [4.69, 9.17) is 0 Å². The number of hydrogen-bond acceptors (Lipinski definition) is 4. The molecule has 2 amide bonds. The molecule has 2 fully saturated rings. The van der Waals surface area contributed by atoms with Crippen LogP contribution in [0, 0.1) is 12.8 Å². The summed E-state index contributed by atoms with van der Waals surface area (Å²) in [6.07, 6.45) is 0.523. The van der Waals surface area contributed by atoms with Crippen LogP contribution in [-0.2, 0) is 9.59 Å². The van der Waals surface area contributed by atoms with Gasteiger partial charge in [-0.15, -0.1) is 0 Å². The number of nitrogens with zero attached hydrogens (tertiary/aromatic N) is 3. The van der Waals surface area contributed by atoms with Gasteiger partial charge in [0, 0.05) is 54.3 Å². The summed E-state index contributed by atoms with van der Waals surface area (Å²) in [5, 5.41) is 2.95. The van der Waals surface area contributed by atoms with Crippen LogP contribution in [-0.4, -0.2) is 56.5 Å². The molecule has 158 valence electrons. The zero-order valence-corrected chi connectivity index (χ0v) is 19.0. The Morgan fingerprint density at radius 2 is 1.83 bits per heavy atom. The van der Waals surface area contributed by atoms with Gasteiger partial charge in [-0.3, -0.25) is 9.59 Å². The van der Waals surface area contributed by atoms with Gasteiger partial charge in [-0.2, -0.15) is 0 Å². The number of piperazine rings is 1. The fourth-order valence-electron chi connectivity index (χ4n) is 4.19. The van der Waals surface area contributed by atoms with Crippen molar-refractivity contribution in [3.8, 4) is 0 Å². The van der Waals surface area contributed by atoms with Gasteiger partial charge in [-0.05, 0) is 62.4 Å². The molecule has 0 spiro atoms. The highest BCUT2D eigenvalue weighted by Gasteiger charge is 2.37. The van der Waals surface area contributed by atoms with Crippen LogP contribution in [0.3, 0.4) is 0 Å². The molecule has 2 aliphatic rings. The maximum absolute atomic E-state index is 12.8. The lowest BCUT2D eigenvalue weighted by Gasteiger charge is -2.35. The summed E-state index contributed by atoms with van der Waals surface area (Å²) >= 11 is 3.44. The van der Waals surface area contributed by atoms with Gasteiger partial charge in [0.2, 0.25) is 11.8 Å². The van der Waals surface area contributed by atoms with Gasteiger partial charge in [0.1, 0.15) is 5.92 Å². The number of likely N-dealkylation sites (N-methyl/N-ethyl adjacent to an activating group) is 1. The molecule has 4 rings (SSSR count). The first-order chi connectivity index (χ1) is 14.4. The molecule has 0 saturated carbocycles. The lowest BCUT2D eigenvalue weighted by atomic mass is 10.1. The first-order valence-electron chi connectivity index (χ1n) is 10.3. The van der Waals surface area contributed by atoms with Crippen molar-refractivity contribution in [2.45, 2.75) is 13.3 Å². The van der Waals surface area contributed by atoms with E-state index in [9.17, 15) is 9.59 Å². The quantitative estimate of drug-likeness (QED) is 0.694. The topological polar surface area (TPSA) is 55.9 Å². The molecule has 2 aliphatic heterocycles. The van der Waals surface area contributed by atoms with Gasteiger partial charge in [0.25, 0.3) is 0 Å². The molecule has 2 saturated heterocycles. The third kappa shape index (κ3) is 4.37. The van der Waals surface area contributed by atoms with Crippen molar-refractivity contribution in [2.24, 2.45) is 5.92 Å². The average Bonchev–Trinajstić information content (AvgIpc) is 3.10. The number of anilines is 3. The fraction of sp³-hybridized carbons (Fsp3) is 0.391. The normalized spacial score (nSPS) is 20.0. The molecule has 7 heteroatoms. The summed E-state index contributed by atoms with van der Waals surface area (Å²) in [4.78, 5) is 32.1. The number of benzene rings is 2. The third-order valence-electron chi connectivity index (χ3n) is 5.95. The maximum Gasteiger partial charge on any atom is 0.239 e. The minimum atomic E-state index is -0.651. The molecule has 2 aromatic rings. The molecule has 6 nitrogen and oxygen atoms in total. The van der Waals surface area contributed by atoms with Crippen LogP contribution >= 0.6 is 15.9 Å². The first-order valence-corrected chi connectivity index (χ1v) is 11.1. The lowest BCUT2D eigenvalue weighted by molar-refractivity contribution is -0.129. The Balaban J connectivity index is 1.41. The Labute approximate surface area is 186 Å². The fourth-order valence-corrected chi connectivity index (χ4v) is 4.58. The van der Waals surface area contributed by atoms with E-state index >= 15 is 0 Å². The number of carbonyl (C=O) groups excluding carboxylic acids is 2. The van der Waals surface area contributed by atoms with Crippen LogP contribution in [0.4, 0.5) is 17.1 Å². The van der Waals surface area contributed by atoms with Crippen molar-refractivity contribution in [3.63, 3.8) is 0 Å². The molecule has 0 bridgehead atoms. The van der Waals surface area contributed by atoms with Crippen LogP contribution in [0.25, 0.3) is 0 Å². The molecule has 0 radical (unpaired) electrons. The van der Waals surface area contributed by atoms with Gasteiger partial charge >= 0.3 is 0 Å². The Bertz CT molecular complexity index is 956. The summed E-state index contributed by atoms with van der Waals surface area (Å²) in [5.74, 6) is -1.03. The molecule has 0 aliphatic carbocycles. The second-order valence-corrected chi connectivity index (χ2v) is 9.01. The number of nitrogens with one attached hydrogen (secondary N) is 1. The van der Waals surface area contributed by atoms with Crippen LogP contribution in [0.1, 0.15) is 12.0 Å². The Hall–Kier alpha value is -2.38. The van der Waals surface area contributed by atoms with E-state index in [2.05, 4.69) is 51.1 Å². The van der Waals surface area contributed by atoms with E-state index in [0.29, 0.717) is 13.0 Å². The van der Waals surface area contributed by atoms with Crippen molar-refractivity contribution in [1.82, 2.24) is 4.90 Å². The van der Waals surface area contributed by atoms with Gasteiger partial charge in [-0.25, -0.2) is 0 Å². The lowest BCUT2D eigenvalue weighted by Crippen LogP contribution is -2.44. The number of aryl methyl sites for hydroxylation is 1. The second kappa shape index (κ2) is 8.78. The Morgan fingerprint density at radius 3 is 2.53 bits per heavy atom. The number of rotatable bonds is 4. The smallest absolute Gasteiger partial charge is 0.239 e. The molecule has 30 heavy (non-hydrogen) atoms. The molecule has 2 aromatic carbocycles.